The number of nitrogens with zero attached hydrogens (tertiary/aromatic N) is 2. The Morgan fingerprint density at radius 3 is 2.70 bits per heavy atom. The molecular weight excluding hydrogens is 390 g/mol. The number of hydrogen-bond donors (Lipinski definition) is 2. The van der Waals surface area contributed by atoms with E-state index >= 15 is 0 Å². The second-order valence-electron chi connectivity index (χ2n) is 5.51. The maximum Gasteiger partial charge on any atom is 0.239 e. The van der Waals surface area contributed by atoms with Gasteiger partial charge < -0.3 is 14.8 Å². The number of aliphatic hydroxyl groups is 1. The standard InChI is InChI=1S/C18H14ClN3O4S/c19-13-1-6-17-16(9-13)22-18(26-17)12(10-20)11-21-14-2-4-15(5-3-14)27(24,25)8-7-23/h1-6,9,11,21,23H,7-8H2. The Hall–Kier alpha value is -2.86. The first kappa shape index (κ1) is 18.9. The maximum absolute atomic E-state index is 11.9. The van der Waals surface area contributed by atoms with Gasteiger partial charge in [-0.2, -0.15) is 5.26 Å². The van der Waals surface area contributed by atoms with Crippen LogP contribution in [0.2, 0.25) is 5.02 Å². The van der Waals surface area contributed by atoms with E-state index in [9.17, 15) is 13.7 Å². The van der Waals surface area contributed by atoms with Crippen molar-refractivity contribution in [3.8, 4) is 6.07 Å². The Balaban J connectivity index is 1.81. The van der Waals surface area contributed by atoms with Crippen LogP contribution in [0.25, 0.3) is 16.7 Å². The van der Waals surface area contributed by atoms with Gasteiger partial charge in [-0.15, -0.1) is 0 Å². The number of rotatable bonds is 6. The molecule has 0 aliphatic carbocycles. The van der Waals surface area contributed by atoms with Crippen LogP contribution in [0.3, 0.4) is 0 Å². The number of aromatic nitrogens is 1. The van der Waals surface area contributed by atoms with E-state index < -0.39 is 16.4 Å². The molecule has 0 saturated heterocycles. The summed E-state index contributed by atoms with van der Waals surface area (Å²) in [5, 5.41) is 21.6. The van der Waals surface area contributed by atoms with Gasteiger partial charge in [0.1, 0.15) is 17.2 Å². The number of aliphatic hydroxyl groups excluding tert-OH is 1. The number of nitrogens with one attached hydrogen (secondary N) is 1. The van der Waals surface area contributed by atoms with Gasteiger partial charge in [0.15, 0.2) is 15.4 Å². The molecule has 0 bridgehead atoms. The highest BCUT2D eigenvalue weighted by molar-refractivity contribution is 7.91. The third-order valence-electron chi connectivity index (χ3n) is 3.66. The van der Waals surface area contributed by atoms with E-state index in [4.69, 9.17) is 21.1 Å². The van der Waals surface area contributed by atoms with E-state index in [1.807, 2.05) is 6.07 Å². The summed E-state index contributed by atoms with van der Waals surface area (Å²) >= 11 is 5.92. The van der Waals surface area contributed by atoms with Crippen molar-refractivity contribution >= 4 is 43.8 Å². The molecule has 3 rings (SSSR count). The Morgan fingerprint density at radius 2 is 2.04 bits per heavy atom. The topological polar surface area (TPSA) is 116 Å². The molecule has 3 aromatic rings. The molecule has 27 heavy (non-hydrogen) atoms. The number of nitriles is 1. The second-order valence-corrected chi connectivity index (χ2v) is 8.06. The second kappa shape index (κ2) is 7.80. The first-order valence-electron chi connectivity index (χ1n) is 7.80. The van der Waals surface area contributed by atoms with Gasteiger partial charge in [0, 0.05) is 16.9 Å². The molecule has 0 amide bonds. The molecular formula is C18H14ClN3O4S. The van der Waals surface area contributed by atoms with Crippen LogP contribution in [-0.4, -0.2) is 30.9 Å². The summed E-state index contributed by atoms with van der Waals surface area (Å²) in [6.07, 6.45) is 1.42. The first-order chi connectivity index (χ1) is 12.9. The van der Waals surface area contributed by atoms with Crippen molar-refractivity contribution in [2.75, 3.05) is 17.7 Å². The Labute approximate surface area is 160 Å². The molecule has 7 nitrogen and oxygen atoms in total. The van der Waals surface area contributed by atoms with Crippen molar-refractivity contribution in [3.63, 3.8) is 0 Å². The lowest BCUT2D eigenvalue weighted by Crippen LogP contribution is -2.09. The summed E-state index contributed by atoms with van der Waals surface area (Å²) in [4.78, 5) is 4.35. The summed E-state index contributed by atoms with van der Waals surface area (Å²) in [5.41, 5.74) is 1.79. The highest BCUT2D eigenvalue weighted by Crippen LogP contribution is 2.24. The zero-order valence-electron chi connectivity index (χ0n) is 13.9. The molecule has 1 aromatic heterocycles. The van der Waals surface area contributed by atoms with E-state index in [0.29, 0.717) is 21.8 Å². The lowest BCUT2D eigenvalue weighted by atomic mass is 10.3. The lowest BCUT2D eigenvalue weighted by molar-refractivity contribution is 0.319. The molecule has 2 N–H and O–H groups in total. The minimum atomic E-state index is -3.51. The predicted octanol–water partition coefficient (Wildman–Crippen LogP) is 3.22. The van der Waals surface area contributed by atoms with Gasteiger partial charge in [-0.1, -0.05) is 11.6 Å². The van der Waals surface area contributed by atoms with E-state index in [-0.39, 0.29) is 22.1 Å². The Bertz CT molecular complexity index is 1150. The van der Waals surface area contributed by atoms with Crippen LogP contribution in [0.4, 0.5) is 5.69 Å². The average Bonchev–Trinajstić information content (AvgIpc) is 3.05. The van der Waals surface area contributed by atoms with Gasteiger partial charge >= 0.3 is 0 Å². The number of allylic oxidation sites excluding steroid dienone is 1. The van der Waals surface area contributed by atoms with Crippen molar-refractivity contribution in [2.45, 2.75) is 4.90 Å². The zero-order valence-corrected chi connectivity index (χ0v) is 15.5. The van der Waals surface area contributed by atoms with Crippen molar-refractivity contribution in [1.82, 2.24) is 4.98 Å². The average molecular weight is 404 g/mol. The molecule has 138 valence electrons. The number of halogens is 1. The van der Waals surface area contributed by atoms with Crippen LogP contribution in [0.5, 0.6) is 0 Å². The highest BCUT2D eigenvalue weighted by atomic mass is 35.5. The monoisotopic (exact) mass is 403 g/mol. The fourth-order valence-corrected chi connectivity index (χ4v) is 3.50. The normalized spacial score (nSPS) is 12.1. The van der Waals surface area contributed by atoms with Gasteiger partial charge in [-0.25, -0.2) is 13.4 Å². The Kier molecular flexibility index (Phi) is 5.46. The fourth-order valence-electron chi connectivity index (χ4n) is 2.31. The van der Waals surface area contributed by atoms with Crippen molar-refractivity contribution in [2.24, 2.45) is 0 Å². The van der Waals surface area contributed by atoms with Crippen LogP contribution >= 0.6 is 11.6 Å². The molecule has 2 aromatic carbocycles. The van der Waals surface area contributed by atoms with Crippen LogP contribution < -0.4 is 5.32 Å². The van der Waals surface area contributed by atoms with Crippen LogP contribution in [0, 0.1) is 11.3 Å². The number of sulfone groups is 1. The van der Waals surface area contributed by atoms with E-state index in [0.717, 1.165) is 0 Å². The number of benzene rings is 2. The van der Waals surface area contributed by atoms with Crippen LogP contribution in [0.1, 0.15) is 5.89 Å². The van der Waals surface area contributed by atoms with Gasteiger partial charge in [-0.05, 0) is 42.5 Å². The quantitative estimate of drug-likeness (QED) is 0.607. The van der Waals surface area contributed by atoms with Gasteiger partial charge in [0.25, 0.3) is 0 Å². The summed E-state index contributed by atoms with van der Waals surface area (Å²) in [5.74, 6) is -0.190. The van der Waals surface area contributed by atoms with E-state index in [1.54, 1.807) is 30.3 Å². The van der Waals surface area contributed by atoms with Gasteiger partial charge in [0.05, 0.1) is 17.3 Å². The minimum Gasteiger partial charge on any atom is -0.435 e. The predicted molar refractivity (Wildman–Crippen MR) is 102 cm³/mol. The summed E-state index contributed by atoms with van der Waals surface area (Å²) in [7, 11) is -3.51. The molecule has 1 heterocycles. The third kappa shape index (κ3) is 4.28. The largest absolute Gasteiger partial charge is 0.435 e. The molecule has 0 fully saturated rings. The molecule has 0 aliphatic rings. The van der Waals surface area contributed by atoms with Crippen LogP contribution in [0.15, 0.2) is 58.0 Å². The zero-order chi connectivity index (χ0) is 19.4. The first-order valence-corrected chi connectivity index (χ1v) is 9.83. The summed E-state index contributed by atoms with van der Waals surface area (Å²) in [6.45, 7) is -0.438. The summed E-state index contributed by atoms with van der Waals surface area (Å²) in [6, 6.07) is 12.9. The Morgan fingerprint density at radius 1 is 1.30 bits per heavy atom. The van der Waals surface area contributed by atoms with Gasteiger partial charge in [0.2, 0.25) is 5.89 Å². The molecule has 0 unspecified atom stereocenters. The maximum atomic E-state index is 11.9. The highest BCUT2D eigenvalue weighted by Gasteiger charge is 2.14. The van der Waals surface area contributed by atoms with E-state index in [1.165, 1.54) is 18.3 Å². The fraction of sp³-hybridized carbons (Fsp3) is 0.111. The van der Waals surface area contributed by atoms with Crippen molar-refractivity contribution < 1.29 is 17.9 Å². The molecule has 0 atom stereocenters. The molecule has 0 radical (unpaired) electrons. The van der Waals surface area contributed by atoms with Crippen molar-refractivity contribution in [1.29, 1.82) is 5.26 Å². The van der Waals surface area contributed by atoms with Crippen LogP contribution in [-0.2, 0) is 9.84 Å². The lowest BCUT2D eigenvalue weighted by Gasteiger charge is -2.05. The molecule has 9 heteroatoms. The van der Waals surface area contributed by atoms with E-state index in [2.05, 4.69) is 10.3 Å². The summed E-state index contributed by atoms with van der Waals surface area (Å²) < 4.78 is 29.3. The smallest absolute Gasteiger partial charge is 0.239 e. The number of anilines is 1. The third-order valence-corrected chi connectivity index (χ3v) is 5.60. The molecule has 0 aliphatic heterocycles. The van der Waals surface area contributed by atoms with Gasteiger partial charge in [-0.3, -0.25) is 0 Å². The molecule has 0 spiro atoms. The van der Waals surface area contributed by atoms with Crippen molar-refractivity contribution in [3.05, 3.63) is 59.6 Å². The number of oxazole rings is 1. The number of hydrogen-bond acceptors (Lipinski definition) is 7. The molecule has 0 saturated carbocycles. The number of fused-ring (bicyclic) bond motifs is 1. The SMILES string of the molecule is N#CC(=CNc1ccc(S(=O)(=O)CCO)cc1)c1nc2cc(Cl)ccc2o1. The minimum absolute atomic E-state index is 0.113.